The van der Waals surface area contributed by atoms with Gasteiger partial charge in [-0.05, 0) is 51.6 Å². The maximum absolute atomic E-state index is 5.93. The number of nitrogens with zero attached hydrogens (tertiary/aromatic N) is 1. The third-order valence-electron chi connectivity index (χ3n) is 2.44. The predicted molar refractivity (Wildman–Crippen MR) is 69.0 cm³/mol. The molecular formula is C13H22N2O. The lowest BCUT2D eigenvalue weighted by Crippen LogP contribution is -2.16. The first-order chi connectivity index (χ1) is 7.50. The number of rotatable bonds is 5. The molecule has 0 atom stereocenters. The summed E-state index contributed by atoms with van der Waals surface area (Å²) < 4.78 is 5.72. The van der Waals surface area contributed by atoms with Crippen LogP contribution in [0.5, 0.6) is 5.75 Å². The summed E-state index contributed by atoms with van der Waals surface area (Å²) in [5.41, 5.74) is 8.96. The summed E-state index contributed by atoms with van der Waals surface area (Å²) in [7, 11) is 4.12. The van der Waals surface area contributed by atoms with Crippen LogP contribution in [0.1, 0.15) is 17.5 Å². The lowest BCUT2D eigenvalue weighted by atomic mass is 10.1. The van der Waals surface area contributed by atoms with Crippen LogP contribution in [0.25, 0.3) is 0 Å². The minimum atomic E-state index is 0.715. The third kappa shape index (κ3) is 3.74. The number of benzene rings is 1. The summed E-state index contributed by atoms with van der Waals surface area (Å²) in [4.78, 5) is 2.15. The number of anilines is 1. The van der Waals surface area contributed by atoms with Crippen LogP contribution in [-0.4, -0.2) is 32.1 Å². The molecule has 0 aliphatic carbocycles. The van der Waals surface area contributed by atoms with Crippen molar-refractivity contribution in [2.45, 2.75) is 20.3 Å². The molecule has 0 bridgehead atoms. The van der Waals surface area contributed by atoms with E-state index in [9.17, 15) is 0 Å². The molecule has 1 aromatic carbocycles. The molecule has 16 heavy (non-hydrogen) atoms. The Kier molecular flexibility index (Phi) is 4.62. The maximum Gasteiger partial charge on any atom is 0.145 e. The molecule has 0 unspecified atom stereocenters. The highest BCUT2D eigenvalue weighted by Crippen LogP contribution is 2.27. The molecule has 90 valence electrons. The van der Waals surface area contributed by atoms with Crippen LogP contribution < -0.4 is 10.5 Å². The van der Waals surface area contributed by atoms with E-state index in [1.807, 2.05) is 19.9 Å². The molecule has 0 saturated heterocycles. The fraction of sp³-hybridized carbons (Fsp3) is 0.538. The molecule has 0 aliphatic heterocycles. The van der Waals surface area contributed by atoms with Crippen molar-refractivity contribution in [3.05, 3.63) is 23.3 Å². The Labute approximate surface area is 98.2 Å². The van der Waals surface area contributed by atoms with E-state index in [-0.39, 0.29) is 0 Å². The molecule has 1 rings (SSSR count). The Morgan fingerprint density at radius 2 is 1.94 bits per heavy atom. The molecule has 0 spiro atoms. The second-order valence-electron chi connectivity index (χ2n) is 4.51. The van der Waals surface area contributed by atoms with Gasteiger partial charge in [0.05, 0.1) is 12.3 Å². The summed E-state index contributed by atoms with van der Waals surface area (Å²) in [6, 6.07) is 4.05. The van der Waals surface area contributed by atoms with Crippen LogP contribution in [-0.2, 0) is 0 Å². The second-order valence-corrected chi connectivity index (χ2v) is 4.51. The van der Waals surface area contributed by atoms with Crippen molar-refractivity contribution in [3.63, 3.8) is 0 Å². The van der Waals surface area contributed by atoms with E-state index < -0.39 is 0 Å². The first kappa shape index (κ1) is 12.8. The van der Waals surface area contributed by atoms with Crippen molar-refractivity contribution < 1.29 is 4.74 Å². The van der Waals surface area contributed by atoms with E-state index in [4.69, 9.17) is 10.5 Å². The standard InChI is InChI=1S/C13H22N2O/c1-10-8-11(2)13(12(14)9-10)16-7-5-6-15(3)4/h8-9H,5-7,14H2,1-4H3. The summed E-state index contributed by atoms with van der Waals surface area (Å²) in [6.07, 6.45) is 1.01. The SMILES string of the molecule is Cc1cc(C)c(OCCCN(C)C)c(N)c1. The molecule has 0 radical (unpaired) electrons. The Balaban J connectivity index is 2.54. The predicted octanol–water partition coefficient (Wildman–Crippen LogP) is 2.22. The maximum atomic E-state index is 5.93. The first-order valence-corrected chi connectivity index (χ1v) is 5.65. The zero-order valence-electron chi connectivity index (χ0n) is 10.7. The minimum Gasteiger partial charge on any atom is -0.491 e. The van der Waals surface area contributed by atoms with Gasteiger partial charge in [-0.15, -0.1) is 0 Å². The molecule has 3 nitrogen and oxygen atoms in total. The molecule has 0 aromatic heterocycles. The molecule has 0 amide bonds. The van der Waals surface area contributed by atoms with Crippen LogP contribution in [0, 0.1) is 13.8 Å². The lowest BCUT2D eigenvalue weighted by molar-refractivity contribution is 0.281. The van der Waals surface area contributed by atoms with E-state index in [0.29, 0.717) is 6.61 Å². The van der Waals surface area contributed by atoms with Crippen LogP contribution in [0.15, 0.2) is 12.1 Å². The van der Waals surface area contributed by atoms with Crippen molar-refractivity contribution >= 4 is 5.69 Å². The first-order valence-electron chi connectivity index (χ1n) is 5.65. The quantitative estimate of drug-likeness (QED) is 0.613. The van der Waals surface area contributed by atoms with Crippen LogP contribution in [0.2, 0.25) is 0 Å². The lowest BCUT2D eigenvalue weighted by Gasteiger charge is -2.14. The van der Waals surface area contributed by atoms with Gasteiger partial charge in [0, 0.05) is 6.54 Å². The van der Waals surface area contributed by atoms with Crippen molar-refractivity contribution in [3.8, 4) is 5.75 Å². The Morgan fingerprint density at radius 1 is 1.25 bits per heavy atom. The number of nitrogens with two attached hydrogens (primary N) is 1. The Hall–Kier alpha value is -1.22. The highest BCUT2D eigenvalue weighted by molar-refractivity contribution is 5.58. The number of ether oxygens (including phenoxy) is 1. The Bertz CT molecular complexity index is 325. The fourth-order valence-electron chi connectivity index (χ4n) is 1.74. The Morgan fingerprint density at radius 3 is 2.50 bits per heavy atom. The van der Waals surface area contributed by atoms with Gasteiger partial charge in [0.15, 0.2) is 0 Å². The van der Waals surface area contributed by atoms with E-state index in [1.165, 1.54) is 5.56 Å². The zero-order chi connectivity index (χ0) is 12.1. The zero-order valence-corrected chi connectivity index (χ0v) is 10.7. The molecule has 1 aromatic rings. The second kappa shape index (κ2) is 5.75. The van der Waals surface area contributed by atoms with Crippen molar-refractivity contribution in [2.75, 3.05) is 33.0 Å². The smallest absolute Gasteiger partial charge is 0.145 e. The van der Waals surface area contributed by atoms with Crippen LogP contribution in [0.3, 0.4) is 0 Å². The van der Waals surface area contributed by atoms with Crippen LogP contribution in [0.4, 0.5) is 5.69 Å². The average molecular weight is 222 g/mol. The molecule has 0 heterocycles. The molecule has 2 N–H and O–H groups in total. The van der Waals surface area contributed by atoms with Crippen LogP contribution >= 0.6 is 0 Å². The largest absolute Gasteiger partial charge is 0.491 e. The summed E-state index contributed by atoms with van der Waals surface area (Å²) in [6.45, 7) is 5.82. The van der Waals surface area contributed by atoms with Gasteiger partial charge in [0.25, 0.3) is 0 Å². The van der Waals surface area contributed by atoms with Gasteiger partial charge in [-0.25, -0.2) is 0 Å². The monoisotopic (exact) mass is 222 g/mol. The van der Waals surface area contributed by atoms with Crippen molar-refractivity contribution in [1.29, 1.82) is 0 Å². The van der Waals surface area contributed by atoms with Gasteiger partial charge < -0.3 is 15.4 Å². The number of hydrogen-bond acceptors (Lipinski definition) is 3. The van der Waals surface area contributed by atoms with Gasteiger partial charge >= 0.3 is 0 Å². The van der Waals surface area contributed by atoms with Gasteiger partial charge in [0.2, 0.25) is 0 Å². The van der Waals surface area contributed by atoms with Gasteiger partial charge in [-0.2, -0.15) is 0 Å². The van der Waals surface area contributed by atoms with Gasteiger partial charge in [-0.1, -0.05) is 6.07 Å². The molecule has 0 saturated carbocycles. The highest BCUT2D eigenvalue weighted by Gasteiger charge is 2.05. The fourth-order valence-corrected chi connectivity index (χ4v) is 1.74. The third-order valence-corrected chi connectivity index (χ3v) is 2.44. The summed E-state index contributed by atoms with van der Waals surface area (Å²) in [5.74, 6) is 0.837. The van der Waals surface area contributed by atoms with Crippen molar-refractivity contribution in [1.82, 2.24) is 4.90 Å². The molecule has 0 fully saturated rings. The normalized spacial score (nSPS) is 10.8. The van der Waals surface area contributed by atoms with Gasteiger partial charge in [-0.3, -0.25) is 0 Å². The van der Waals surface area contributed by atoms with Gasteiger partial charge in [0.1, 0.15) is 5.75 Å². The summed E-state index contributed by atoms with van der Waals surface area (Å²) >= 11 is 0. The number of nitrogen functional groups attached to an aromatic ring is 1. The number of aryl methyl sites for hydroxylation is 2. The topological polar surface area (TPSA) is 38.5 Å². The van der Waals surface area contributed by atoms with E-state index >= 15 is 0 Å². The summed E-state index contributed by atoms with van der Waals surface area (Å²) in [5, 5.41) is 0. The van der Waals surface area contributed by atoms with E-state index in [0.717, 1.165) is 30.0 Å². The van der Waals surface area contributed by atoms with E-state index in [2.05, 4.69) is 25.1 Å². The highest BCUT2D eigenvalue weighted by atomic mass is 16.5. The number of hydrogen-bond donors (Lipinski definition) is 1. The molecular weight excluding hydrogens is 200 g/mol. The average Bonchev–Trinajstić information content (AvgIpc) is 2.14. The van der Waals surface area contributed by atoms with Crippen molar-refractivity contribution in [2.24, 2.45) is 0 Å². The van der Waals surface area contributed by atoms with E-state index in [1.54, 1.807) is 0 Å². The molecule has 3 heteroatoms. The minimum absolute atomic E-state index is 0.715. The molecule has 0 aliphatic rings.